The van der Waals surface area contributed by atoms with Crippen LogP contribution >= 0.6 is 31.9 Å². The molecule has 2 N–H and O–H groups in total. The average Bonchev–Trinajstić information content (AvgIpc) is 1.96. The lowest BCUT2D eigenvalue weighted by Gasteiger charge is -2.02. The van der Waals surface area contributed by atoms with Crippen molar-refractivity contribution in [1.82, 2.24) is 0 Å². The third-order valence-corrected chi connectivity index (χ3v) is 3.38. The average molecular weight is 283 g/mol. The summed E-state index contributed by atoms with van der Waals surface area (Å²) in [4.78, 5) is 0. The Morgan fingerprint density at radius 3 is 2.55 bits per heavy atom. The topological polar surface area (TPSA) is 26.0 Å². The summed E-state index contributed by atoms with van der Waals surface area (Å²) in [5.41, 5.74) is 6.13. The van der Waals surface area contributed by atoms with Crippen molar-refractivity contribution >= 4 is 31.9 Å². The zero-order valence-electron chi connectivity index (χ0n) is 5.57. The van der Waals surface area contributed by atoms with Gasteiger partial charge in [0.25, 0.3) is 0 Å². The molecule has 0 aliphatic carbocycles. The van der Waals surface area contributed by atoms with E-state index in [-0.39, 0.29) is 5.82 Å². The van der Waals surface area contributed by atoms with Crippen molar-refractivity contribution in [1.29, 1.82) is 0 Å². The predicted molar refractivity (Wildman–Crippen MR) is 49.7 cm³/mol. The highest BCUT2D eigenvalue weighted by Gasteiger charge is 2.04. The zero-order valence-corrected chi connectivity index (χ0v) is 8.75. The number of nitrogens with two attached hydrogens (primary N) is 1. The van der Waals surface area contributed by atoms with Crippen molar-refractivity contribution in [3.63, 3.8) is 0 Å². The fourth-order valence-corrected chi connectivity index (χ4v) is 1.62. The minimum Gasteiger partial charge on any atom is -0.326 e. The first-order valence-electron chi connectivity index (χ1n) is 2.98. The maximum absolute atomic E-state index is 12.7. The third kappa shape index (κ3) is 2.01. The maximum Gasteiger partial charge on any atom is 0.124 e. The first-order chi connectivity index (χ1) is 5.15. The van der Waals surface area contributed by atoms with Crippen LogP contribution in [0.1, 0.15) is 5.56 Å². The molecule has 1 aromatic carbocycles. The quantitative estimate of drug-likeness (QED) is 0.788. The van der Waals surface area contributed by atoms with Crippen molar-refractivity contribution in [2.75, 3.05) is 0 Å². The maximum atomic E-state index is 12.7. The molecule has 0 radical (unpaired) electrons. The lowest BCUT2D eigenvalue weighted by Crippen LogP contribution is -1.98. The fourth-order valence-electron chi connectivity index (χ4n) is 0.758. The Morgan fingerprint density at radius 1 is 1.36 bits per heavy atom. The Balaban J connectivity index is 3.24. The SMILES string of the molecule is NCc1cc(F)cc(Br)c1Br. The summed E-state index contributed by atoms with van der Waals surface area (Å²) in [6.45, 7) is 0.330. The molecule has 0 atom stereocenters. The van der Waals surface area contributed by atoms with Crippen LogP contribution in [-0.4, -0.2) is 0 Å². The lowest BCUT2D eigenvalue weighted by molar-refractivity contribution is 0.624. The molecular formula is C7H6Br2FN. The van der Waals surface area contributed by atoms with Crippen LogP contribution < -0.4 is 5.73 Å². The first-order valence-corrected chi connectivity index (χ1v) is 4.57. The third-order valence-electron chi connectivity index (χ3n) is 1.29. The standard InChI is InChI=1S/C7H6Br2FN/c8-6-2-5(10)1-4(3-11)7(6)9/h1-2H,3,11H2. The van der Waals surface area contributed by atoms with Crippen LogP contribution in [-0.2, 0) is 6.54 Å². The van der Waals surface area contributed by atoms with Gasteiger partial charge in [0, 0.05) is 15.5 Å². The van der Waals surface area contributed by atoms with Gasteiger partial charge in [-0.2, -0.15) is 0 Å². The molecule has 0 aliphatic rings. The number of hydrogen-bond acceptors (Lipinski definition) is 1. The molecule has 0 saturated carbocycles. The highest BCUT2D eigenvalue weighted by atomic mass is 79.9. The van der Waals surface area contributed by atoms with E-state index in [1.165, 1.54) is 12.1 Å². The van der Waals surface area contributed by atoms with E-state index in [1.807, 2.05) is 0 Å². The van der Waals surface area contributed by atoms with E-state index in [0.717, 1.165) is 10.0 Å². The second-order valence-corrected chi connectivity index (χ2v) is 3.71. The van der Waals surface area contributed by atoms with Gasteiger partial charge in [-0.05, 0) is 49.6 Å². The zero-order chi connectivity index (χ0) is 8.43. The first kappa shape index (κ1) is 9.16. The number of benzene rings is 1. The molecule has 0 aliphatic heterocycles. The smallest absolute Gasteiger partial charge is 0.124 e. The Hall–Kier alpha value is 0.0700. The second-order valence-electron chi connectivity index (χ2n) is 2.06. The largest absolute Gasteiger partial charge is 0.326 e. The molecule has 1 rings (SSSR count). The van der Waals surface area contributed by atoms with Gasteiger partial charge in [0.1, 0.15) is 5.82 Å². The molecule has 0 amide bonds. The summed E-state index contributed by atoms with van der Waals surface area (Å²) in [7, 11) is 0. The Labute approximate surface area is 81.0 Å². The van der Waals surface area contributed by atoms with Gasteiger partial charge in [-0.25, -0.2) is 4.39 Å². The molecule has 0 unspecified atom stereocenters. The fraction of sp³-hybridized carbons (Fsp3) is 0.143. The van der Waals surface area contributed by atoms with Crippen LogP contribution in [0.4, 0.5) is 4.39 Å². The van der Waals surface area contributed by atoms with Crippen molar-refractivity contribution in [3.8, 4) is 0 Å². The van der Waals surface area contributed by atoms with Gasteiger partial charge in [-0.1, -0.05) is 0 Å². The minimum atomic E-state index is -0.277. The van der Waals surface area contributed by atoms with Crippen LogP contribution in [0.25, 0.3) is 0 Å². The molecular weight excluding hydrogens is 277 g/mol. The molecule has 0 bridgehead atoms. The van der Waals surface area contributed by atoms with Gasteiger partial charge in [0.15, 0.2) is 0 Å². The summed E-state index contributed by atoms with van der Waals surface area (Å²) in [5.74, 6) is -0.277. The summed E-state index contributed by atoms with van der Waals surface area (Å²) in [5, 5.41) is 0. The molecule has 0 fully saturated rings. The van der Waals surface area contributed by atoms with Gasteiger partial charge < -0.3 is 5.73 Å². The van der Waals surface area contributed by atoms with E-state index in [1.54, 1.807) is 0 Å². The van der Waals surface area contributed by atoms with Gasteiger partial charge in [-0.15, -0.1) is 0 Å². The molecule has 1 aromatic rings. The lowest BCUT2D eigenvalue weighted by atomic mass is 10.2. The van der Waals surface area contributed by atoms with Gasteiger partial charge in [-0.3, -0.25) is 0 Å². The summed E-state index contributed by atoms with van der Waals surface area (Å²) in [6.07, 6.45) is 0. The molecule has 4 heteroatoms. The van der Waals surface area contributed by atoms with Crippen LogP contribution in [0, 0.1) is 5.82 Å². The van der Waals surface area contributed by atoms with Crippen molar-refractivity contribution < 1.29 is 4.39 Å². The summed E-state index contributed by atoms with van der Waals surface area (Å²) >= 11 is 6.48. The van der Waals surface area contributed by atoms with Crippen LogP contribution in [0.15, 0.2) is 21.1 Å². The van der Waals surface area contributed by atoms with Crippen LogP contribution in [0.5, 0.6) is 0 Å². The molecule has 0 spiro atoms. The van der Waals surface area contributed by atoms with E-state index in [0.29, 0.717) is 11.0 Å². The van der Waals surface area contributed by atoms with Crippen molar-refractivity contribution in [3.05, 3.63) is 32.5 Å². The highest BCUT2D eigenvalue weighted by molar-refractivity contribution is 9.13. The van der Waals surface area contributed by atoms with E-state index >= 15 is 0 Å². The molecule has 0 saturated heterocycles. The Morgan fingerprint density at radius 2 is 2.00 bits per heavy atom. The van der Waals surface area contributed by atoms with Gasteiger partial charge >= 0.3 is 0 Å². The van der Waals surface area contributed by atoms with Crippen molar-refractivity contribution in [2.24, 2.45) is 5.73 Å². The second kappa shape index (κ2) is 3.65. The van der Waals surface area contributed by atoms with Gasteiger partial charge in [0.05, 0.1) is 0 Å². The Bertz CT molecular complexity index is 275. The molecule has 0 heterocycles. The molecule has 60 valence electrons. The molecule has 11 heavy (non-hydrogen) atoms. The van der Waals surface area contributed by atoms with Crippen LogP contribution in [0.3, 0.4) is 0 Å². The number of halogens is 3. The number of hydrogen-bond donors (Lipinski definition) is 1. The molecule has 0 aromatic heterocycles. The van der Waals surface area contributed by atoms with Crippen LogP contribution in [0.2, 0.25) is 0 Å². The highest BCUT2D eigenvalue weighted by Crippen LogP contribution is 2.27. The van der Waals surface area contributed by atoms with E-state index in [4.69, 9.17) is 5.73 Å². The normalized spacial score (nSPS) is 10.2. The van der Waals surface area contributed by atoms with E-state index < -0.39 is 0 Å². The van der Waals surface area contributed by atoms with Crippen molar-refractivity contribution in [2.45, 2.75) is 6.54 Å². The van der Waals surface area contributed by atoms with Gasteiger partial charge in [0.2, 0.25) is 0 Å². The van der Waals surface area contributed by atoms with E-state index in [2.05, 4.69) is 31.9 Å². The minimum absolute atomic E-state index is 0.277. The number of rotatable bonds is 1. The Kier molecular flexibility index (Phi) is 3.04. The molecule has 1 nitrogen and oxygen atoms in total. The summed E-state index contributed by atoms with van der Waals surface area (Å²) < 4.78 is 14.2. The predicted octanol–water partition coefficient (Wildman–Crippen LogP) is 2.81. The monoisotopic (exact) mass is 281 g/mol. The van der Waals surface area contributed by atoms with E-state index in [9.17, 15) is 4.39 Å². The summed E-state index contributed by atoms with van der Waals surface area (Å²) in [6, 6.07) is 2.80.